The molecule has 0 aliphatic carbocycles. The van der Waals surface area contributed by atoms with Crippen LogP contribution in [0.2, 0.25) is 0 Å². The van der Waals surface area contributed by atoms with Crippen LogP contribution in [0.5, 0.6) is 5.75 Å². The lowest BCUT2D eigenvalue weighted by Gasteiger charge is -2.19. The predicted molar refractivity (Wildman–Crippen MR) is 108 cm³/mol. The summed E-state index contributed by atoms with van der Waals surface area (Å²) in [6, 6.07) is 6.42. The summed E-state index contributed by atoms with van der Waals surface area (Å²) in [7, 11) is 1.47. The van der Waals surface area contributed by atoms with Gasteiger partial charge in [-0.15, -0.1) is 0 Å². The van der Waals surface area contributed by atoms with E-state index < -0.39 is 35.8 Å². The van der Waals surface area contributed by atoms with Crippen LogP contribution < -0.4 is 16.2 Å². The highest BCUT2D eigenvalue weighted by Crippen LogP contribution is 2.24. The maximum absolute atomic E-state index is 12.5. The Kier molecular flexibility index (Phi) is 6.06. The Morgan fingerprint density at radius 1 is 1.23 bits per heavy atom. The summed E-state index contributed by atoms with van der Waals surface area (Å²) in [5, 5.41) is 24.0. The fourth-order valence-electron chi connectivity index (χ4n) is 2.83. The van der Waals surface area contributed by atoms with E-state index >= 15 is 0 Å². The van der Waals surface area contributed by atoms with Gasteiger partial charge in [0.15, 0.2) is 5.69 Å². The molecule has 154 valence electrons. The van der Waals surface area contributed by atoms with Crippen molar-refractivity contribution in [2.75, 3.05) is 5.32 Å². The molecule has 0 unspecified atom stereocenters. The fourth-order valence-corrected chi connectivity index (χ4v) is 2.83. The second kappa shape index (κ2) is 8.86. The van der Waals surface area contributed by atoms with Gasteiger partial charge in [0, 0.05) is 31.2 Å². The Morgan fingerprint density at radius 2 is 2.03 bits per heavy atom. The van der Waals surface area contributed by atoms with E-state index in [9.17, 15) is 24.6 Å². The summed E-state index contributed by atoms with van der Waals surface area (Å²) in [4.78, 5) is 44.1. The molecule has 0 radical (unpaired) electrons. The van der Waals surface area contributed by atoms with Crippen LogP contribution in [-0.2, 0) is 11.8 Å². The number of carbonyl (C=O) groups excluding carboxylic acids is 1. The van der Waals surface area contributed by atoms with Gasteiger partial charge in [-0.05, 0) is 17.7 Å². The van der Waals surface area contributed by atoms with Gasteiger partial charge in [-0.3, -0.25) is 19.6 Å². The second-order valence-corrected chi connectivity index (χ2v) is 6.46. The lowest BCUT2D eigenvalue weighted by molar-refractivity contribution is -0.137. The van der Waals surface area contributed by atoms with Crippen molar-refractivity contribution in [3.05, 3.63) is 71.0 Å². The summed E-state index contributed by atoms with van der Waals surface area (Å²) in [5.74, 6) is -1.52. The van der Waals surface area contributed by atoms with Gasteiger partial charge >= 0.3 is 12.0 Å². The number of nitrogens with zero attached hydrogens (tertiary/aromatic N) is 3. The van der Waals surface area contributed by atoms with Crippen molar-refractivity contribution in [1.29, 1.82) is 0 Å². The summed E-state index contributed by atoms with van der Waals surface area (Å²) in [6.07, 6.45) is 5.60. The number of aliphatic carboxylic acids is 1. The zero-order valence-corrected chi connectivity index (χ0v) is 15.9. The van der Waals surface area contributed by atoms with Crippen molar-refractivity contribution in [2.24, 2.45) is 7.05 Å². The molecule has 1 aromatic carbocycles. The number of aromatic hydroxyl groups is 1. The Labute approximate surface area is 170 Å². The lowest BCUT2D eigenvalue weighted by atomic mass is 10.00. The van der Waals surface area contributed by atoms with Gasteiger partial charge in [-0.1, -0.05) is 18.2 Å². The van der Waals surface area contributed by atoms with Crippen LogP contribution in [0.4, 0.5) is 10.5 Å². The first-order valence-corrected chi connectivity index (χ1v) is 8.89. The average Bonchev–Trinajstić information content (AvgIpc) is 2.74. The summed E-state index contributed by atoms with van der Waals surface area (Å²) >= 11 is 0. The molecular formula is C20H19N5O5. The first kappa shape index (κ1) is 20.5. The summed E-state index contributed by atoms with van der Waals surface area (Å²) in [6.45, 7) is 0. The van der Waals surface area contributed by atoms with E-state index in [1.165, 1.54) is 36.3 Å². The number of hydrogen-bond acceptors (Lipinski definition) is 6. The third kappa shape index (κ3) is 4.79. The molecule has 10 heteroatoms. The molecule has 1 atom stereocenters. The minimum Gasteiger partial charge on any atom is -0.505 e. The zero-order valence-electron chi connectivity index (χ0n) is 15.9. The molecule has 0 aliphatic heterocycles. The van der Waals surface area contributed by atoms with Gasteiger partial charge < -0.3 is 25.4 Å². The zero-order chi connectivity index (χ0) is 21.7. The van der Waals surface area contributed by atoms with Crippen molar-refractivity contribution in [1.82, 2.24) is 19.9 Å². The molecule has 2 heterocycles. The van der Waals surface area contributed by atoms with E-state index in [1.54, 1.807) is 30.5 Å². The Morgan fingerprint density at radius 3 is 2.73 bits per heavy atom. The Balaban J connectivity index is 1.85. The van der Waals surface area contributed by atoms with Gasteiger partial charge in [0.25, 0.3) is 5.56 Å². The van der Waals surface area contributed by atoms with Crippen LogP contribution >= 0.6 is 0 Å². The molecule has 2 amide bonds. The van der Waals surface area contributed by atoms with E-state index in [2.05, 4.69) is 20.6 Å². The molecule has 10 nitrogen and oxygen atoms in total. The summed E-state index contributed by atoms with van der Waals surface area (Å²) in [5.41, 5.74) is 0.911. The predicted octanol–water partition coefficient (Wildman–Crippen LogP) is 1.89. The number of urea groups is 1. The van der Waals surface area contributed by atoms with E-state index in [-0.39, 0.29) is 5.69 Å². The standard InChI is InChI=1S/C20H19N5O5/c1-25-8-5-16(26)18(19(25)29)24-20(30)23-14(10-17(27)28)12-3-2-4-13(9-12)15-11-21-6-7-22-15/h2-9,11,14,26H,10H2,1H3,(H,27,28)(H2,23,24,30)/t14-/m0/s1. The maximum atomic E-state index is 12.5. The minimum atomic E-state index is -1.12. The first-order valence-electron chi connectivity index (χ1n) is 8.89. The molecule has 30 heavy (non-hydrogen) atoms. The number of aromatic nitrogens is 3. The minimum absolute atomic E-state index is 0.306. The molecular weight excluding hydrogens is 390 g/mol. The number of carboxylic acids is 1. The van der Waals surface area contributed by atoms with Gasteiger partial charge in [0.05, 0.1) is 24.4 Å². The highest BCUT2D eigenvalue weighted by Gasteiger charge is 2.20. The van der Waals surface area contributed by atoms with Crippen LogP contribution in [0, 0.1) is 0 Å². The second-order valence-electron chi connectivity index (χ2n) is 6.46. The molecule has 0 saturated heterocycles. The SMILES string of the molecule is Cn1ccc(O)c(NC(=O)N[C@@H](CC(=O)O)c2cccc(-c3cnccn3)c2)c1=O. The number of benzene rings is 1. The number of hydrogen-bond donors (Lipinski definition) is 4. The normalized spacial score (nSPS) is 11.5. The molecule has 0 fully saturated rings. The number of amides is 2. The molecule has 0 bridgehead atoms. The van der Waals surface area contributed by atoms with Gasteiger partial charge in [0.2, 0.25) is 0 Å². The highest BCUT2D eigenvalue weighted by atomic mass is 16.4. The molecule has 3 rings (SSSR count). The third-order valence-corrected chi connectivity index (χ3v) is 4.32. The van der Waals surface area contributed by atoms with Gasteiger partial charge in [0.1, 0.15) is 5.75 Å². The number of anilines is 1. The average molecular weight is 409 g/mol. The van der Waals surface area contributed by atoms with Crippen LogP contribution in [0.15, 0.2) is 59.9 Å². The van der Waals surface area contributed by atoms with E-state index in [4.69, 9.17) is 0 Å². The number of carboxylic acid groups (broad SMARTS) is 1. The number of rotatable bonds is 6. The van der Waals surface area contributed by atoms with Crippen LogP contribution in [-0.4, -0.2) is 36.7 Å². The van der Waals surface area contributed by atoms with Crippen LogP contribution in [0.3, 0.4) is 0 Å². The van der Waals surface area contributed by atoms with Crippen molar-refractivity contribution in [3.63, 3.8) is 0 Å². The van der Waals surface area contributed by atoms with Crippen LogP contribution in [0.25, 0.3) is 11.3 Å². The monoisotopic (exact) mass is 409 g/mol. The van der Waals surface area contributed by atoms with Crippen molar-refractivity contribution < 1.29 is 19.8 Å². The molecule has 0 aliphatic rings. The van der Waals surface area contributed by atoms with E-state index in [0.717, 1.165) is 0 Å². The molecule has 2 aromatic heterocycles. The smallest absolute Gasteiger partial charge is 0.319 e. The largest absolute Gasteiger partial charge is 0.505 e. The molecule has 0 saturated carbocycles. The summed E-state index contributed by atoms with van der Waals surface area (Å²) < 4.78 is 1.19. The quantitative estimate of drug-likeness (QED) is 0.486. The van der Waals surface area contributed by atoms with E-state index in [1.807, 2.05) is 0 Å². The number of aryl methyl sites for hydroxylation is 1. The van der Waals surface area contributed by atoms with Gasteiger partial charge in [-0.25, -0.2) is 4.79 Å². The lowest BCUT2D eigenvalue weighted by Crippen LogP contribution is -2.36. The van der Waals surface area contributed by atoms with Crippen molar-refractivity contribution >= 4 is 17.7 Å². The van der Waals surface area contributed by atoms with Crippen molar-refractivity contribution in [2.45, 2.75) is 12.5 Å². The number of carbonyl (C=O) groups is 2. The molecule has 3 aromatic rings. The van der Waals surface area contributed by atoms with Crippen molar-refractivity contribution in [3.8, 4) is 17.0 Å². The number of nitrogens with one attached hydrogen (secondary N) is 2. The maximum Gasteiger partial charge on any atom is 0.319 e. The Hall–Kier alpha value is -4.21. The molecule has 4 N–H and O–H groups in total. The van der Waals surface area contributed by atoms with Crippen LogP contribution in [0.1, 0.15) is 18.0 Å². The number of pyridine rings is 1. The highest BCUT2D eigenvalue weighted by molar-refractivity contribution is 5.91. The first-order chi connectivity index (χ1) is 14.3. The Bertz CT molecular complexity index is 1130. The topological polar surface area (TPSA) is 146 Å². The fraction of sp³-hybridized carbons (Fsp3) is 0.150. The molecule has 0 spiro atoms. The third-order valence-electron chi connectivity index (χ3n) is 4.32. The van der Waals surface area contributed by atoms with E-state index in [0.29, 0.717) is 16.8 Å². The van der Waals surface area contributed by atoms with Gasteiger partial charge in [-0.2, -0.15) is 0 Å².